The number of ketones is 3. The summed E-state index contributed by atoms with van der Waals surface area (Å²) in [6, 6.07) is 0. The van der Waals surface area contributed by atoms with Crippen molar-refractivity contribution in [2.45, 2.75) is 58.5 Å². The van der Waals surface area contributed by atoms with Crippen molar-refractivity contribution in [1.82, 2.24) is 0 Å². The maximum absolute atomic E-state index is 14.9. The smallest absolute Gasteiger partial charge is 0.155 e. The van der Waals surface area contributed by atoms with Gasteiger partial charge in [0.05, 0.1) is 0 Å². The van der Waals surface area contributed by atoms with Gasteiger partial charge in [0.25, 0.3) is 0 Å². The molecule has 0 N–H and O–H groups in total. The van der Waals surface area contributed by atoms with E-state index in [1.54, 1.807) is 0 Å². The average molecular weight is 318 g/mol. The highest BCUT2D eigenvalue weighted by molar-refractivity contribution is 5.97. The van der Waals surface area contributed by atoms with Crippen LogP contribution in [0.3, 0.4) is 0 Å². The molecule has 0 aromatic carbocycles. The molecular formula is C19H23FO3. The molecule has 0 unspecified atom stereocenters. The SMILES string of the molecule is C[C@]12CCC(=O)C=C1[C@@H](F)C[C@@H]1[C@@H]2C(=O)C[C@]2(C)C(=O)CC[C@@H]12. The zero-order valence-electron chi connectivity index (χ0n) is 13.7. The summed E-state index contributed by atoms with van der Waals surface area (Å²) < 4.78 is 14.9. The molecule has 4 aliphatic rings. The number of rotatable bonds is 0. The van der Waals surface area contributed by atoms with Gasteiger partial charge in [-0.15, -0.1) is 0 Å². The molecular weight excluding hydrogens is 295 g/mol. The second kappa shape index (κ2) is 4.61. The zero-order valence-corrected chi connectivity index (χ0v) is 13.7. The normalized spacial score (nSPS) is 49.3. The predicted molar refractivity (Wildman–Crippen MR) is 82.4 cm³/mol. The third-order valence-corrected chi connectivity index (χ3v) is 7.34. The third kappa shape index (κ3) is 1.84. The van der Waals surface area contributed by atoms with Crippen LogP contribution in [0.25, 0.3) is 0 Å². The molecule has 0 heterocycles. The summed E-state index contributed by atoms with van der Waals surface area (Å²) in [5.74, 6) is 0.0965. The largest absolute Gasteiger partial charge is 0.299 e. The first-order valence-corrected chi connectivity index (χ1v) is 8.72. The van der Waals surface area contributed by atoms with Crippen LogP contribution >= 0.6 is 0 Å². The lowest BCUT2D eigenvalue weighted by Gasteiger charge is -2.56. The first-order chi connectivity index (χ1) is 10.8. The van der Waals surface area contributed by atoms with Crippen LogP contribution in [0.15, 0.2) is 11.6 Å². The van der Waals surface area contributed by atoms with E-state index in [2.05, 4.69) is 0 Å². The second-order valence-corrected chi connectivity index (χ2v) is 8.46. The summed E-state index contributed by atoms with van der Waals surface area (Å²) >= 11 is 0. The van der Waals surface area contributed by atoms with E-state index in [4.69, 9.17) is 0 Å². The summed E-state index contributed by atoms with van der Waals surface area (Å²) in [4.78, 5) is 37.1. The van der Waals surface area contributed by atoms with Crippen molar-refractivity contribution in [2.24, 2.45) is 28.6 Å². The molecule has 23 heavy (non-hydrogen) atoms. The van der Waals surface area contributed by atoms with Crippen LogP contribution in [-0.4, -0.2) is 23.5 Å². The zero-order chi connectivity index (χ0) is 16.6. The number of alkyl halides is 1. The fourth-order valence-corrected chi connectivity index (χ4v) is 6.17. The molecule has 0 aromatic rings. The number of carbonyl (C=O) groups is 3. The third-order valence-electron chi connectivity index (χ3n) is 7.34. The van der Waals surface area contributed by atoms with Crippen molar-refractivity contribution in [1.29, 1.82) is 0 Å². The quantitative estimate of drug-likeness (QED) is 0.689. The fraction of sp³-hybridized carbons (Fsp3) is 0.737. The lowest BCUT2D eigenvalue weighted by atomic mass is 9.46. The standard InChI is InChI=1S/C19H23FO3/c1-18-6-5-10(21)7-13(18)14(20)8-11-12-3-4-16(23)19(12,2)9-15(22)17(11)18/h7,11-12,14,17H,3-6,8-9H2,1-2H3/t11-,12-,14-,17+,18-,19-/m0/s1. The summed E-state index contributed by atoms with van der Waals surface area (Å²) in [6.07, 6.45) is 3.15. The molecule has 3 fully saturated rings. The molecule has 124 valence electrons. The Morgan fingerprint density at radius 1 is 1.13 bits per heavy atom. The van der Waals surface area contributed by atoms with E-state index < -0.39 is 17.0 Å². The maximum atomic E-state index is 14.9. The Bertz CT molecular complexity index is 651. The van der Waals surface area contributed by atoms with Gasteiger partial charge in [-0.05, 0) is 42.7 Å². The van der Waals surface area contributed by atoms with Gasteiger partial charge in [0.2, 0.25) is 0 Å². The van der Waals surface area contributed by atoms with Crippen LogP contribution in [-0.2, 0) is 14.4 Å². The van der Waals surface area contributed by atoms with Gasteiger partial charge < -0.3 is 0 Å². The number of hydrogen-bond acceptors (Lipinski definition) is 3. The van der Waals surface area contributed by atoms with Crippen LogP contribution < -0.4 is 0 Å². The van der Waals surface area contributed by atoms with Crippen molar-refractivity contribution in [3.05, 3.63) is 11.6 Å². The summed E-state index contributed by atoms with van der Waals surface area (Å²) in [7, 11) is 0. The van der Waals surface area contributed by atoms with Crippen molar-refractivity contribution in [3.8, 4) is 0 Å². The molecule has 4 heteroatoms. The minimum absolute atomic E-state index is 0.0253. The Morgan fingerprint density at radius 3 is 2.61 bits per heavy atom. The monoisotopic (exact) mass is 318 g/mol. The van der Waals surface area contributed by atoms with E-state index in [-0.39, 0.29) is 35.1 Å². The highest BCUT2D eigenvalue weighted by Crippen LogP contribution is 2.63. The minimum Gasteiger partial charge on any atom is -0.299 e. The van der Waals surface area contributed by atoms with Crippen LogP contribution in [0.1, 0.15) is 52.4 Å². The Hall–Kier alpha value is -1.32. The molecule has 0 bridgehead atoms. The van der Waals surface area contributed by atoms with Gasteiger partial charge in [-0.2, -0.15) is 0 Å². The number of allylic oxidation sites excluding steroid dienone is 1. The summed E-state index contributed by atoms with van der Waals surface area (Å²) in [5, 5.41) is 0. The molecule has 0 spiro atoms. The highest BCUT2D eigenvalue weighted by Gasteiger charge is 2.63. The molecule has 3 nitrogen and oxygen atoms in total. The molecule has 0 amide bonds. The van der Waals surface area contributed by atoms with Crippen LogP contribution in [0.2, 0.25) is 0 Å². The van der Waals surface area contributed by atoms with Crippen molar-refractivity contribution in [3.63, 3.8) is 0 Å². The van der Waals surface area contributed by atoms with Gasteiger partial charge in [-0.1, -0.05) is 13.8 Å². The topological polar surface area (TPSA) is 51.2 Å². The highest BCUT2D eigenvalue weighted by atomic mass is 19.1. The van der Waals surface area contributed by atoms with E-state index in [9.17, 15) is 18.8 Å². The molecule has 0 aliphatic heterocycles. The Balaban J connectivity index is 1.81. The molecule has 6 atom stereocenters. The second-order valence-electron chi connectivity index (χ2n) is 8.46. The first-order valence-electron chi connectivity index (χ1n) is 8.72. The molecule has 4 rings (SSSR count). The van der Waals surface area contributed by atoms with Crippen molar-refractivity contribution in [2.75, 3.05) is 0 Å². The molecule has 4 aliphatic carbocycles. The summed E-state index contributed by atoms with van der Waals surface area (Å²) in [5.41, 5.74) is -0.586. The Labute approximate surface area is 135 Å². The van der Waals surface area contributed by atoms with Gasteiger partial charge in [0, 0.05) is 36.0 Å². The number of carbonyl (C=O) groups excluding carboxylic acids is 3. The van der Waals surface area contributed by atoms with Gasteiger partial charge in [-0.25, -0.2) is 4.39 Å². The lowest BCUT2D eigenvalue weighted by Crippen LogP contribution is -2.57. The van der Waals surface area contributed by atoms with Gasteiger partial charge in [0.15, 0.2) is 5.78 Å². The van der Waals surface area contributed by atoms with E-state index in [1.165, 1.54) is 6.08 Å². The van der Waals surface area contributed by atoms with Crippen LogP contribution in [0.4, 0.5) is 4.39 Å². The van der Waals surface area contributed by atoms with Crippen molar-refractivity contribution < 1.29 is 18.8 Å². The van der Waals surface area contributed by atoms with E-state index in [0.29, 0.717) is 37.7 Å². The Kier molecular flexibility index (Phi) is 3.05. The van der Waals surface area contributed by atoms with Gasteiger partial charge >= 0.3 is 0 Å². The molecule has 3 saturated carbocycles. The fourth-order valence-electron chi connectivity index (χ4n) is 6.17. The molecule has 0 radical (unpaired) electrons. The minimum atomic E-state index is -1.16. The van der Waals surface area contributed by atoms with Crippen LogP contribution in [0.5, 0.6) is 0 Å². The van der Waals surface area contributed by atoms with Crippen LogP contribution in [0, 0.1) is 28.6 Å². The van der Waals surface area contributed by atoms with Gasteiger partial charge in [-0.3, -0.25) is 14.4 Å². The number of halogens is 1. The Morgan fingerprint density at radius 2 is 1.87 bits per heavy atom. The average Bonchev–Trinajstić information content (AvgIpc) is 2.76. The number of fused-ring (bicyclic) bond motifs is 5. The van der Waals surface area contributed by atoms with Crippen molar-refractivity contribution >= 4 is 17.3 Å². The predicted octanol–water partition coefficient (Wildman–Crippen LogP) is 3.21. The number of hydrogen-bond donors (Lipinski definition) is 0. The number of Topliss-reactive ketones (excluding diaryl/α,β-unsaturated/α-hetero) is 2. The van der Waals surface area contributed by atoms with E-state index >= 15 is 0 Å². The van der Waals surface area contributed by atoms with Gasteiger partial charge in [0.1, 0.15) is 17.7 Å². The molecule has 0 saturated heterocycles. The van der Waals surface area contributed by atoms with E-state index in [0.717, 1.165) is 6.42 Å². The lowest BCUT2D eigenvalue weighted by molar-refractivity contribution is -0.151. The maximum Gasteiger partial charge on any atom is 0.155 e. The molecule has 0 aromatic heterocycles. The summed E-state index contributed by atoms with van der Waals surface area (Å²) in [6.45, 7) is 3.87. The van der Waals surface area contributed by atoms with E-state index in [1.807, 2.05) is 13.8 Å². The first kappa shape index (κ1) is 15.2.